The fourth-order valence-electron chi connectivity index (χ4n) is 1.87. The zero-order valence-corrected chi connectivity index (χ0v) is 12.6. The Balaban J connectivity index is 2.84. The van der Waals surface area contributed by atoms with E-state index in [1.807, 2.05) is 0 Å². The van der Waals surface area contributed by atoms with E-state index in [-0.39, 0.29) is 10.9 Å². The van der Waals surface area contributed by atoms with E-state index in [1.54, 1.807) is 0 Å². The fraction of sp³-hybridized carbons (Fsp3) is 0.750. The van der Waals surface area contributed by atoms with E-state index in [4.69, 9.17) is 18.9 Å². The Kier molecular flexibility index (Phi) is 6.44. The Morgan fingerprint density at radius 3 is 2.05 bits per heavy atom. The van der Waals surface area contributed by atoms with E-state index in [0.29, 0.717) is 0 Å². The van der Waals surface area contributed by atoms with Gasteiger partial charge in [-0.05, 0) is 0 Å². The molecule has 114 valence electrons. The van der Waals surface area contributed by atoms with Crippen LogP contribution in [0.3, 0.4) is 0 Å². The van der Waals surface area contributed by atoms with Gasteiger partial charge in [-0.1, -0.05) is 11.8 Å². The largest absolute Gasteiger partial charge is 0.456 e. The molecule has 0 radical (unpaired) electrons. The summed E-state index contributed by atoms with van der Waals surface area (Å²) in [6, 6.07) is 0. The van der Waals surface area contributed by atoms with Gasteiger partial charge in [0.25, 0.3) is 0 Å². The standard InChI is InChI=1S/C12H18O7S/c1-6(13)17-10-9(5-20-8(3)15)19-12(16-4)11(10)18-7(2)14/h9-12H,5H2,1-4H3/t9-,10-,11+,12?/m0/s1. The van der Waals surface area contributed by atoms with E-state index in [1.165, 1.54) is 27.9 Å². The first-order chi connectivity index (χ1) is 9.35. The molecule has 0 aliphatic carbocycles. The van der Waals surface area contributed by atoms with Crippen molar-refractivity contribution in [3.63, 3.8) is 0 Å². The molecule has 1 heterocycles. The average molecular weight is 306 g/mol. The minimum Gasteiger partial charge on any atom is -0.456 e. The fourth-order valence-corrected chi connectivity index (χ4v) is 2.53. The second-order valence-corrected chi connectivity index (χ2v) is 5.43. The van der Waals surface area contributed by atoms with Gasteiger partial charge in [0.05, 0.1) is 0 Å². The Hall–Kier alpha value is -1.12. The number of hydrogen-bond donors (Lipinski definition) is 0. The molecule has 4 atom stereocenters. The highest BCUT2D eigenvalue weighted by Crippen LogP contribution is 2.29. The van der Waals surface area contributed by atoms with Crippen molar-refractivity contribution in [1.82, 2.24) is 0 Å². The van der Waals surface area contributed by atoms with Crippen LogP contribution < -0.4 is 0 Å². The van der Waals surface area contributed by atoms with Crippen molar-refractivity contribution in [2.45, 2.75) is 45.4 Å². The molecule has 0 saturated carbocycles. The number of carbonyl (C=O) groups excluding carboxylic acids is 3. The summed E-state index contributed by atoms with van der Waals surface area (Å²) in [7, 11) is 1.40. The van der Waals surface area contributed by atoms with Gasteiger partial charge in [-0.3, -0.25) is 14.4 Å². The molecule has 1 unspecified atom stereocenters. The van der Waals surface area contributed by atoms with Crippen LogP contribution in [0.2, 0.25) is 0 Å². The predicted octanol–water partition coefficient (Wildman–Crippen LogP) is 0.501. The molecule has 0 N–H and O–H groups in total. The van der Waals surface area contributed by atoms with E-state index in [9.17, 15) is 14.4 Å². The minimum absolute atomic E-state index is 0.0833. The van der Waals surface area contributed by atoms with Gasteiger partial charge in [0.15, 0.2) is 23.6 Å². The van der Waals surface area contributed by atoms with Gasteiger partial charge in [0.2, 0.25) is 0 Å². The van der Waals surface area contributed by atoms with Crippen LogP contribution in [-0.2, 0) is 33.3 Å². The van der Waals surface area contributed by atoms with Gasteiger partial charge in [0.1, 0.15) is 6.10 Å². The summed E-state index contributed by atoms with van der Waals surface area (Å²) in [5.74, 6) is -0.770. The molecule has 0 spiro atoms. The molecule has 0 amide bonds. The van der Waals surface area contributed by atoms with Crippen LogP contribution in [0.4, 0.5) is 0 Å². The summed E-state index contributed by atoms with van der Waals surface area (Å²) < 4.78 is 20.9. The molecular weight excluding hydrogens is 288 g/mol. The lowest BCUT2D eigenvalue weighted by Gasteiger charge is -2.22. The lowest BCUT2D eigenvalue weighted by atomic mass is 10.1. The van der Waals surface area contributed by atoms with Gasteiger partial charge >= 0.3 is 11.9 Å². The molecule has 8 heteroatoms. The maximum absolute atomic E-state index is 11.2. The second kappa shape index (κ2) is 7.61. The summed E-state index contributed by atoms with van der Waals surface area (Å²) in [5, 5.41) is -0.0833. The molecule has 0 aromatic rings. The number of ether oxygens (including phenoxy) is 4. The Morgan fingerprint density at radius 2 is 1.60 bits per heavy atom. The monoisotopic (exact) mass is 306 g/mol. The van der Waals surface area contributed by atoms with Crippen LogP contribution in [0.25, 0.3) is 0 Å². The maximum atomic E-state index is 11.2. The van der Waals surface area contributed by atoms with Crippen LogP contribution in [0.5, 0.6) is 0 Å². The molecule has 1 aliphatic rings. The van der Waals surface area contributed by atoms with Crippen LogP contribution >= 0.6 is 11.8 Å². The second-order valence-electron chi connectivity index (χ2n) is 4.23. The van der Waals surface area contributed by atoms with Crippen molar-refractivity contribution in [3.05, 3.63) is 0 Å². The first kappa shape index (κ1) is 16.9. The van der Waals surface area contributed by atoms with E-state index >= 15 is 0 Å². The third-order valence-electron chi connectivity index (χ3n) is 2.55. The Morgan fingerprint density at radius 1 is 1.05 bits per heavy atom. The minimum atomic E-state index is -0.848. The van der Waals surface area contributed by atoms with E-state index in [2.05, 4.69) is 0 Å². The highest BCUT2D eigenvalue weighted by Gasteiger charge is 2.49. The van der Waals surface area contributed by atoms with Crippen molar-refractivity contribution in [3.8, 4) is 0 Å². The third-order valence-corrected chi connectivity index (χ3v) is 3.46. The molecule has 0 aromatic carbocycles. The number of methoxy groups -OCH3 is 1. The SMILES string of the molecule is COC1O[C@@H](CSC(C)=O)[C@H](OC(C)=O)[C@H]1OC(C)=O. The summed E-state index contributed by atoms with van der Waals surface area (Å²) in [4.78, 5) is 33.3. The average Bonchev–Trinajstić information content (AvgIpc) is 2.63. The molecule has 20 heavy (non-hydrogen) atoms. The van der Waals surface area contributed by atoms with Crippen molar-refractivity contribution in [2.75, 3.05) is 12.9 Å². The smallest absolute Gasteiger partial charge is 0.303 e. The predicted molar refractivity (Wildman–Crippen MR) is 69.9 cm³/mol. The van der Waals surface area contributed by atoms with Crippen molar-refractivity contribution in [1.29, 1.82) is 0 Å². The normalized spacial score (nSPS) is 29.0. The number of carbonyl (C=O) groups is 3. The first-order valence-corrected chi connectivity index (χ1v) is 6.99. The summed E-state index contributed by atoms with van der Waals surface area (Å²) in [6.07, 6.45) is -3.06. The number of hydrogen-bond acceptors (Lipinski definition) is 8. The molecule has 1 saturated heterocycles. The highest BCUT2D eigenvalue weighted by molar-refractivity contribution is 8.13. The van der Waals surface area contributed by atoms with Gasteiger partial charge in [-0.2, -0.15) is 0 Å². The first-order valence-electron chi connectivity index (χ1n) is 6.01. The van der Waals surface area contributed by atoms with E-state index in [0.717, 1.165) is 11.8 Å². The maximum Gasteiger partial charge on any atom is 0.303 e. The molecule has 1 fully saturated rings. The molecule has 0 bridgehead atoms. The van der Waals surface area contributed by atoms with Gasteiger partial charge < -0.3 is 18.9 Å². The van der Waals surface area contributed by atoms with Gasteiger partial charge in [-0.15, -0.1) is 0 Å². The van der Waals surface area contributed by atoms with Crippen molar-refractivity contribution < 1.29 is 33.3 Å². The van der Waals surface area contributed by atoms with Gasteiger partial charge in [0, 0.05) is 33.6 Å². The van der Waals surface area contributed by atoms with Crippen LogP contribution in [0, 0.1) is 0 Å². The highest BCUT2D eigenvalue weighted by atomic mass is 32.2. The Labute approximate surface area is 121 Å². The zero-order chi connectivity index (χ0) is 15.3. The molecular formula is C12H18O7S. The molecule has 7 nitrogen and oxygen atoms in total. The number of rotatable bonds is 5. The summed E-state index contributed by atoms with van der Waals surface area (Å²) in [6.45, 7) is 3.92. The molecule has 1 rings (SSSR count). The van der Waals surface area contributed by atoms with Crippen LogP contribution in [0.1, 0.15) is 20.8 Å². The summed E-state index contributed by atoms with van der Waals surface area (Å²) >= 11 is 1.04. The van der Waals surface area contributed by atoms with E-state index < -0.39 is 36.5 Å². The quantitative estimate of drug-likeness (QED) is 0.679. The van der Waals surface area contributed by atoms with Crippen LogP contribution in [0.15, 0.2) is 0 Å². The lowest BCUT2D eigenvalue weighted by molar-refractivity contribution is -0.180. The Bertz CT molecular complexity index is 384. The number of thioether (sulfide) groups is 1. The molecule has 0 aromatic heterocycles. The summed E-state index contributed by atoms with van der Waals surface area (Å²) in [5.41, 5.74) is 0. The molecule has 1 aliphatic heterocycles. The number of esters is 2. The third kappa shape index (κ3) is 4.77. The lowest BCUT2D eigenvalue weighted by Crippen LogP contribution is -2.40. The van der Waals surface area contributed by atoms with Gasteiger partial charge in [-0.25, -0.2) is 0 Å². The van der Waals surface area contributed by atoms with Crippen molar-refractivity contribution in [2.24, 2.45) is 0 Å². The topological polar surface area (TPSA) is 88.1 Å². The van der Waals surface area contributed by atoms with Crippen molar-refractivity contribution >= 4 is 28.8 Å². The zero-order valence-electron chi connectivity index (χ0n) is 11.8. The van der Waals surface area contributed by atoms with Crippen LogP contribution in [-0.4, -0.2) is 54.5 Å².